The molecule has 1 fully saturated rings. The summed E-state index contributed by atoms with van der Waals surface area (Å²) in [4.78, 5) is 12.7. The zero-order valence-electron chi connectivity index (χ0n) is 18.1. The van der Waals surface area contributed by atoms with Gasteiger partial charge in [-0.15, -0.1) is 0 Å². The molecule has 150 valence electrons. The van der Waals surface area contributed by atoms with Crippen LogP contribution in [0.1, 0.15) is 47.2 Å². The Morgan fingerprint density at radius 3 is 1.39 bits per heavy atom. The van der Waals surface area contributed by atoms with E-state index in [1.165, 1.54) is 0 Å². The first-order valence-corrected chi connectivity index (χ1v) is 9.71. The van der Waals surface area contributed by atoms with Crippen LogP contribution in [0.15, 0.2) is 24.3 Å². The van der Waals surface area contributed by atoms with E-state index < -0.39 is 5.60 Å². The molecule has 2 atom stereocenters. The minimum Gasteiger partial charge on any atom is -0.496 e. The van der Waals surface area contributed by atoms with Gasteiger partial charge in [0.15, 0.2) is 5.60 Å². The minimum atomic E-state index is -0.833. The Morgan fingerprint density at radius 1 is 0.786 bits per heavy atom. The maximum absolute atomic E-state index is 12.7. The molecule has 0 radical (unpaired) electrons. The molecular weight excluding hydrogens is 352 g/mol. The number of hydrogen-bond donors (Lipinski definition) is 0. The molecule has 0 N–H and O–H groups in total. The van der Waals surface area contributed by atoms with Crippen LogP contribution in [0.3, 0.4) is 0 Å². The first-order valence-electron chi connectivity index (χ1n) is 9.71. The molecule has 0 spiro atoms. The van der Waals surface area contributed by atoms with Gasteiger partial charge in [-0.1, -0.05) is 13.8 Å². The number of esters is 1. The highest BCUT2D eigenvalue weighted by Crippen LogP contribution is 2.51. The number of carbonyl (C=O) groups excluding carboxylic acids is 1. The van der Waals surface area contributed by atoms with Crippen molar-refractivity contribution in [1.29, 1.82) is 0 Å². The lowest BCUT2D eigenvalue weighted by molar-refractivity contribution is -0.148. The van der Waals surface area contributed by atoms with Gasteiger partial charge in [0.25, 0.3) is 0 Å². The fourth-order valence-electron chi connectivity index (χ4n) is 4.68. The van der Waals surface area contributed by atoms with Crippen molar-refractivity contribution in [2.45, 2.75) is 47.1 Å². The summed E-state index contributed by atoms with van der Waals surface area (Å²) in [6, 6.07) is 8.34. The maximum atomic E-state index is 12.7. The largest absolute Gasteiger partial charge is 0.496 e. The lowest BCUT2D eigenvalue weighted by Gasteiger charge is -2.35. The van der Waals surface area contributed by atoms with Crippen molar-refractivity contribution < 1.29 is 19.0 Å². The average molecular weight is 383 g/mol. The second-order valence-electron chi connectivity index (χ2n) is 8.02. The summed E-state index contributed by atoms with van der Waals surface area (Å²) < 4.78 is 17.3. The molecule has 1 saturated heterocycles. The Labute approximate surface area is 167 Å². The Morgan fingerprint density at radius 2 is 1.14 bits per heavy atom. The van der Waals surface area contributed by atoms with Gasteiger partial charge >= 0.3 is 5.97 Å². The van der Waals surface area contributed by atoms with Crippen molar-refractivity contribution >= 4 is 5.97 Å². The Balaban J connectivity index is 2.32. The van der Waals surface area contributed by atoms with Crippen LogP contribution in [0.4, 0.5) is 0 Å². The van der Waals surface area contributed by atoms with Crippen molar-refractivity contribution in [1.82, 2.24) is 0 Å². The number of hydrogen-bond acceptors (Lipinski definition) is 4. The summed E-state index contributed by atoms with van der Waals surface area (Å²) in [5.41, 5.74) is 5.25. The summed E-state index contributed by atoms with van der Waals surface area (Å²) in [7, 11) is 3.36. The van der Waals surface area contributed by atoms with Crippen molar-refractivity contribution in [2.75, 3.05) is 14.2 Å². The van der Waals surface area contributed by atoms with E-state index in [2.05, 4.69) is 31.2 Å². The van der Waals surface area contributed by atoms with Gasteiger partial charge in [-0.05, 0) is 74.2 Å². The predicted octanol–water partition coefficient (Wildman–Crippen LogP) is 5.01. The van der Waals surface area contributed by atoms with Crippen molar-refractivity contribution in [3.8, 4) is 11.5 Å². The quantitative estimate of drug-likeness (QED) is 0.697. The normalized spacial score (nSPS) is 20.8. The molecule has 28 heavy (non-hydrogen) atoms. The standard InChI is InChI=1S/C24H30O4/c1-13-9-19(10-14(2)21(13)26-7)24(18(6)17(5)23(25)28-24)20-11-15(3)22(27-8)16(4)12-20/h9-12,17-18H,1-8H3. The topological polar surface area (TPSA) is 44.8 Å². The summed E-state index contributed by atoms with van der Waals surface area (Å²) in [5, 5.41) is 0. The van der Waals surface area contributed by atoms with Crippen LogP contribution in [-0.2, 0) is 15.1 Å². The first-order chi connectivity index (χ1) is 13.2. The zero-order chi connectivity index (χ0) is 20.8. The molecule has 0 aromatic heterocycles. The highest BCUT2D eigenvalue weighted by molar-refractivity contribution is 5.77. The second kappa shape index (κ2) is 7.16. The summed E-state index contributed by atoms with van der Waals surface area (Å²) >= 11 is 0. The molecule has 2 aromatic rings. The number of benzene rings is 2. The first kappa shape index (κ1) is 20.2. The highest BCUT2D eigenvalue weighted by Gasteiger charge is 2.54. The van der Waals surface area contributed by atoms with Crippen LogP contribution in [0, 0.1) is 39.5 Å². The Hall–Kier alpha value is -2.49. The van der Waals surface area contributed by atoms with Crippen LogP contribution < -0.4 is 9.47 Å². The van der Waals surface area contributed by atoms with Gasteiger partial charge in [0.1, 0.15) is 11.5 Å². The number of rotatable bonds is 4. The molecule has 3 rings (SSSR count). The molecule has 1 aliphatic heterocycles. The summed E-state index contributed by atoms with van der Waals surface area (Å²) in [6.45, 7) is 12.1. The Kier molecular flexibility index (Phi) is 5.18. The third-order valence-electron chi connectivity index (χ3n) is 6.21. The van der Waals surface area contributed by atoms with Gasteiger partial charge in [-0.3, -0.25) is 4.79 Å². The van der Waals surface area contributed by atoms with E-state index in [9.17, 15) is 4.79 Å². The number of ether oxygens (including phenoxy) is 3. The molecular formula is C24H30O4. The van der Waals surface area contributed by atoms with E-state index in [1.54, 1.807) is 14.2 Å². The zero-order valence-corrected chi connectivity index (χ0v) is 18.1. The van der Waals surface area contributed by atoms with Crippen LogP contribution >= 0.6 is 0 Å². The van der Waals surface area contributed by atoms with Crippen LogP contribution in [0.2, 0.25) is 0 Å². The lowest BCUT2D eigenvalue weighted by Crippen LogP contribution is -2.34. The summed E-state index contributed by atoms with van der Waals surface area (Å²) in [5.74, 6) is 1.37. The number of aryl methyl sites for hydroxylation is 4. The lowest BCUT2D eigenvalue weighted by atomic mass is 9.73. The van der Waals surface area contributed by atoms with Crippen LogP contribution in [-0.4, -0.2) is 20.2 Å². The van der Waals surface area contributed by atoms with E-state index in [-0.39, 0.29) is 17.8 Å². The smallest absolute Gasteiger partial charge is 0.310 e. The van der Waals surface area contributed by atoms with Crippen LogP contribution in [0.5, 0.6) is 11.5 Å². The van der Waals surface area contributed by atoms with Gasteiger partial charge in [0.05, 0.1) is 20.1 Å². The number of cyclic esters (lactones) is 1. The van der Waals surface area contributed by atoms with Gasteiger partial charge < -0.3 is 14.2 Å². The van der Waals surface area contributed by atoms with Crippen LogP contribution in [0.25, 0.3) is 0 Å². The van der Waals surface area contributed by atoms with Crippen molar-refractivity contribution in [3.05, 3.63) is 57.6 Å². The maximum Gasteiger partial charge on any atom is 0.310 e. The van der Waals surface area contributed by atoms with E-state index in [1.807, 2.05) is 34.6 Å². The van der Waals surface area contributed by atoms with Crippen molar-refractivity contribution in [3.63, 3.8) is 0 Å². The molecule has 1 heterocycles. The molecule has 0 aliphatic carbocycles. The van der Waals surface area contributed by atoms with E-state index in [0.29, 0.717) is 0 Å². The minimum absolute atomic E-state index is 0.0145. The van der Waals surface area contributed by atoms with Crippen molar-refractivity contribution in [2.24, 2.45) is 11.8 Å². The van der Waals surface area contributed by atoms with Gasteiger partial charge in [0, 0.05) is 17.0 Å². The molecule has 4 heteroatoms. The third kappa shape index (κ3) is 2.86. The molecule has 2 unspecified atom stereocenters. The molecule has 2 aromatic carbocycles. The van der Waals surface area contributed by atoms with E-state index >= 15 is 0 Å². The molecule has 4 nitrogen and oxygen atoms in total. The number of methoxy groups -OCH3 is 2. The third-order valence-corrected chi connectivity index (χ3v) is 6.21. The number of carbonyl (C=O) groups is 1. The fraction of sp³-hybridized carbons (Fsp3) is 0.458. The Bertz CT molecular complexity index is 823. The molecule has 0 bridgehead atoms. The predicted molar refractivity (Wildman–Crippen MR) is 110 cm³/mol. The highest BCUT2D eigenvalue weighted by atomic mass is 16.6. The molecule has 0 amide bonds. The SMILES string of the molecule is COc1c(C)cc(C2(c3cc(C)c(OC)c(C)c3)OC(=O)C(C)C2C)cc1C. The fourth-order valence-corrected chi connectivity index (χ4v) is 4.68. The van der Waals surface area contributed by atoms with E-state index in [0.717, 1.165) is 44.9 Å². The molecule has 1 aliphatic rings. The molecule has 0 saturated carbocycles. The van der Waals surface area contributed by atoms with Gasteiger partial charge in [0.2, 0.25) is 0 Å². The average Bonchev–Trinajstić information content (AvgIpc) is 2.86. The summed E-state index contributed by atoms with van der Waals surface area (Å²) in [6.07, 6.45) is 0. The van der Waals surface area contributed by atoms with E-state index in [4.69, 9.17) is 14.2 Å². The van der Waals surface area contributed by atoms with Gasteiger partial charge in [-0.2, -0.15) is 0 Å². The monoisotopic (exact) mass is 382 g/mol. The second-order valence-corrected chi connectivity index (χ2v) is 8.02. The van der Waals surface area contributed by atoms with Gasteiger partial charge in [-0.25, -0.2) is 0 Å².